The number of nitrogens with zero attached hydrogens (tertiary/aromatic N) is 2. The average molecular weight is 215 g/mol. The minimum atomic E-state index is 0.629. The maximum Gasteiger partial charge on any atom is 0.0957 e. The quantitative estimate of drug-likeness (QED) is 0.736. The van der Waals surface area contributed by atoms with E-state index in [-0.39, 0.29) is 0 Å². The van der Waals surface area contributed by atoms with E-state index < -0.39 is 0 Å². The fourth-order valence-corrected chi connectivity index (χ4v) is 2.01. The van der Waals surface area contributed by atoms with Gasteiger partial charge in [0.15, 0.2) is 0 Å². The zero-order chi connectivity index (χ0) is 11.0. The number of hydrogen-bond donors (Lipinski definition) is 1. The number of nitrogens with two attached hydrogens (primary N) is 1. The smallest absolute Gasteiger partial charge is 0.0957 e. The Morgan fingerprint density at radius 1 is 1.38 bits per heavy atom. The van der Waals surface area contributed by atoms with Crippen LogP contribution in [-0.2, 0) is 17.9 Å². The number of imidazole rings is 1. The summed E-state index contributed by atoms with van der Waals surface area (Å²) in [4.78, 5) is 4.44. The second-order valence-electron chi connectivity index (χ2n) is 3.91. The first-order valence-corrected chi connectivity index (χ1v) is 5.32. The summed E-state index contributed by atoms with van der Waals surface area (Å²) in [5, 5.41) is 0. The summed E-state index contributed by atoms with van der Waals surface area (Å²) in [7, 11) is 0. The molecule has 2 N–H and O–H groups in total. The molecule has 0 saturated carbocycles. The maximum atomic E-state index is 5.77. The largest absolute Gasteiger partial charge is 0.399 e. The predicted molar refractivity (Wildman–Crippen MR) is 61.7 cm³/mol. The van der Waals surface area contributed by atoms with E-state index in [4.69, 9.17) is 10.5 Å². The molecule has 3 rings (SSSR count). The first-order valence-electron chi connectivity index (χ1n) is 5.32. The molecule has 0 amide bonds. The lowest BCUT2D eigenvalue weighted by Gasteiger charge is -2.16. The van der Waals surface area contributed by atoms with E-state index >= 15 is 0 Å². The molecular weight excluding hydrogens is 202 g/mol. The van der Waals surface area contributed by atoms with Gasteiger partial charge in [0.1, 0.15) is 0 Å². The summed E-state index contributed by atoms with van der Waals surface area (Å²) >= 11 is 0. The van der Waals surface area contributed by atoms with Crippen LogP contribution < -0.4 is 5.73 Å². The molecule has 0 aliphatic carbocycles. The molecule has 16 heavy (non-hydrogen) atoms. The molecule has 0 saturated heterocycles. The third-order valence-electron chi connectivity index (χ3n) is 2.82. The topological polar surface area (TPSA) is 53.1 Å². The second-order valence-corrected chi connectivity index (χ2v) is 3.91. The van der Waals surface area contributed by atoms with Crippen LogP contribution in [0.2, 0.25) is 0 Å². The minimum Gasteiger partial charge on any atom is -0.399 e. The lowest BCUT2D eigenvalue weighted by molar-refractivity contribution is 0.0854. The SMILES string of the molecule is Nc1cccc(-c2ncn3c2COCC3)c1. The number of hydrogen-bond acceptors (Lipinski definition) is 3. The number of ether oxygens (including phenoxy) is 1. The monoisotopic (exact) mass is 215 g/mol. The zero-order valence-corrected chi connectivity index (χ0v) is 8.89. The molecule has 0 bridgehead atoms. The van der Waals surface area contributed by atoms with Crippen molar-refractivity contribution >= 4 is 5.69 Å². The molecule has 2 heterocycles. The highest BCUT2D eigenvalue weighted by atomic mass is 16.5. The van der Waals surface area contributed by atoms with Gasteiger partial charge in [-0.05, 0) is 12.1 Å². The van der Waals surface area contributed by atoms with Gasteiger partial charge in [-0.15, -0.1) is 0 Å². The number of nitrogen functional groups attached to an aromatic ring is 1. The predicted octanol–water partition coefficient (Wildman–Crippen LogP) is 1.66. The van der Waals surface area contributed by atoms with Gasteiger partial charge in [0.25, 0.3) is 0 Å². The molecule has 4 nitrogen and oxygen atoms in total. The first kappa shape index (κ1) is 9.42. The van der Waals surface area contributed by atoms with E-state index in [9.17, 15) is 0 Å². The van der Waals surface area contributed by atoms with Crippen LogP contribution >= 0.6 is 0 Å². The number of aromatic nitrogens is 2. The molecule has 82 valence electrons. The van der Waals surface area contributed by atoms with Crippen LogP contribution in [0, 0.1) is 0 Å². The maximum absolute atomic E-state index is 5.77. The third kappa shape index (κ3) is 1.47. The molecule has 0 radical (unpaired) electrons. The van der Waals surface area contributed by atoms with Gasteiger partial charge in [0, 0.05) is 17.8 Å². The number of rotatable bonds is 1. The van der Waals surface area contributed by atoms with Crippen molar-refractivity contribution < 1.29 is 4.74 Å². The summed E-state index contributed by atoms with van der Waals surface area (Å²) in [5.74, 6) is 0. The summed E-state index contributed by atoms with van der Waals surface area (Å²) < 4.78 is 7.60. The van der Waals surface area contributed by atoms with Crippen molar-refractivity contribution in [3.8, 4) is 11.3 Å². The van der Waals surface area contributed by atoms with Crippen molar-refractivity contribution in [2.75, 3.05) is 12.3 Å². The molecule has 1 aliphatic rings. The van der Waals surface area contributed by atoms with Crippen molar-refractivity contribution in [3.05, 3.63) is 36.3 Å². The lowest BCUT2D eigenvalue weighted by atomic mass is 10.1. The van der Waals surface area contributed by atoms with Crippen molar-refractivity contribution in [1.29, 1.82) is 0 Å². The van der Waals surface area contributed by atoms with Gasteiger partial charge < -0.3 is 15.0 Å². The number of fused-ring (bicyclic) bond motifs is 1. The molecule has 1 aromatic carbocycles. The van der Waals surface area contributed by atoms with Crippen LogP contribution in [0.4, 0.5) is 5.69 Å². The first-order chi connectivity index (χ1) is 7.84. The van der Waals surface area contributed by atoms with E-state index in [2.05, 4.69) is 9.55 Å². The highest BCUT2D eigenvalue weighted by molar-refractivity contribution is 5.66. The van der Waals surface area contributed by atoms with E-state index in [1.54, 1.807) is 0 Å². The fourth-order valence-electron chi connectivity index (χ4n) is 2.01. The summed E-state index contributed by atoms with van der Waals surface area (Å²) in [5.41, 5.74) is 9.70. The van der Waals surface area contributed by atoms with Crippen LogP contribution in [-0.4, -0.2) is 16.2 Å². The lowest BCUT2D eigenvalue weighted by Crippen LogP contribution is -2.15. The fraction of sp³-hybridized carbons (Fsp3) is 0.250. The van der Waals surface area contributed by atoms with Gasteiger partial charge in [-0.25, -0.2) is 4.98 Å². The highest BCUT2D eigenvalue weighted by Gasteiger charge is 2.16. The molecule has 4 heteroatoms. The Bertz CT molecular complexity index is 519. The number of benzene rings is 1. The summed E-state index contributed by atoms with van der Waals surface area (Å²) in [6.45, 7) is 2.27. The zero-order valence-electron chi connectivity index (χ0n) is 8.89. The summed E-state index contributed by atoms with van der Waals surface area (Å²) in [6, 6.07) is 7.79. The van der Waals surface area contributed by atoms with Crippen molar-refractivity contribution in [2.24, 2.45) is 0 Å². The van der Waals surface area contributed by atoms with Crippen LogP contribution in [0.15, 0.2) is 30.6 Å². The molecule has 0 atom stereocenters. The van der Waals surface area contributed by atoms with Crippen molar-refractivity contribution in [1.82, 2.24) is 9.55 Å². The van der Waals surface area contributed by atoms with Crippen LogP contribution in [0.5, 0.6) is 0 Å². The Labute approximate surface area is 93.7 Å². The van der Waals surface area contributed by atoms with E-state index in [0.29, 0.717) is 6.61 Å². The van der Waals surface area contributed by atoms with Crippen LogP contribution in [0.3, 0.4) is 0 Å². The van der Waals surface area contributed by atoms with Crippen molar-refractivity contribution in [2.45, 2.75) is 13.2 Å². The van der Waals surface area contributed by atoms with E-state index in [0.717, 1.165) is 35.8 Å². The molecule has 0 spiro atoms. The van der Waals surface area contributed by atoms with Gasteiger partial charge in [-0.2, -0.15) is 0 Å². The van der Waals surface area contributed by atoms with Crippen LogP contribution in [0.25, 0.3) is 11.3 Å². The van der Waals surface area contributed by atoms with E-state index in [1.807, 2.05) is 30.6 Å². The van der Waals surface area contributed by atoms with Gasteiger partial charge >= 0.3 is 0 Å². The Morgan fingerprint density at radius 3 is 3.19 bits per heavy atom. The second kappa shape index (κ2) is 3.64. The van der Waals surface area contributed by atoms with E-state index in [1.165, 1.54) is 0 Å². The standard InChI is InChI=1S/C12H13N3O/c13-10-3-1-2-9(6-10)12-11-7-16-5-4-15(11)8-14-12/h1-3,6,8H,4-5,7,13H2. The minimum absolute atomic E-state index is 0.629. The van der Waals surface area contributed by atoms with Gasteiger partial charge in [-0.3, -0.25) is 0 Å². The highest BCUT2D eigenvalue weighted by Crippen LogP contribution is 2.25. The molecule has 1 aliphatic heterocycles. The van der Waals surface area contributed by atoms with Gasteiger partial charge in [-0.1, -0.05) is 12.1 Å². The third-order valence-corrected chi connectivity index (χ3v) is 2.82. The Balaban J connectivity index is 2.09. The Kier molecular flexibility index (Phi) is 2.15. The van der Waals surface area contributed by atoms with Gasteiger partial charge in [0.05, 0.1) is 30.9 Å². The average Bonchev–Trinajstić information content (AvgIpc) is 2.72. The number of anilines is 1. The molecule has 2 aromatic rings. The molecule has 0 unspecified atom stereocenters. The van der Waals surface area contributed by atoms with Gasteiger partial charge in [0.2, 0.25) is 0 Å². The Morgan fingerprint density at radius 2 is 2.31 bits per heavy atom. The van der Waals surface area contributed by atoms with Crippen molar-refractivity contribution in [3.63, 3.8) is 0 Å². The van der Waals surface area contributed by atoms with Crippen LogP contribution in [0.1, 0.15) is 5.69 Å². The normalized spacial score (nSPS) is 14.8. The molecular formula is C12H13N3O. The summed E-state index contributed by atoms with van der Waals surface area (Å²) in [6.07, 6.45) is 1.87. The Hall–Kier alpha value is -1.81. The molecule has 1 aromatic heterocycles. The molecule has 0 fully saturated rings.